The van der Waals surface area contributed by atoms with Crippen LogP contribution in [0.3, 0.4) is 0 Å². The zero-order chi connectivity index (χ0) is 34.7. The molecule has 2 aliphatic heterocycles. The summed E-state index contributed by atoms with van der Waals surface area (Å²) in [6.45, 7) is 4.54. The van der Waals surface area contributed by atoms with Crippen molar-refractivity contribution in [2.45, 2.75) is 38.8 Å². The predicted octanol–water partition coefficient (Wildman–Crippen LogP) is 2.25. The number of phenols is 4. The van der Waals surface area contributed by atoms with Gasteiger partial charge in [0.15, 0.2) is 23.0 Å². The Morgan fingerprint density at radius 1 is 0.894 bits per heavy atom. The Bertz CT molecular complexity index is 1540. The van der Waals surface area contributed by atoms with Crippen LogP contribution >= 0.6 is 23.2 Å². The fourth-order valence-electron chi connectivity index (χ4n) is 6.02. The molecule has 0 spiro atoms. The van der Waals surface area contributed by atoms with Crippen molar-refractivity contribution in [3.8, 4) is 23.0 Å². The molecule has 4 rings (SSSR count). The van der Waals surface area contributed by atoms with E-state index < -0.39 is 64.8 Å². The van der Waals surface area contributed by atoms with Crippen LogP contribution in [0.5, 0.6) is 23.0 Å². The lowest BCUT2D eigenvalue weighted by Crippen LogP contribution is -2.63. The molecule has 0 aliphatic carbocycles. The Hall–Kier alpha value is -4.24. The number of aliphatic hydroxyl groups is 1. The Morgan fingerprint density at radius 3 is 1.79 bits per heavy atom. The number of hydrogen-bond acceptors (Lipinski definition) is 10. The molecule has 1 saturated heterocycles. The Kier molecular flexibility index (Phi) is 11.1. The lowest BCUT2D eigenvalue weighted by molar-refractivity contribution is -0.163. The van der Waals surface area contributed by atoms with E-state index in [-0.39, 0.29) is 52.4 Å². The summed E-state index contributed by atoms with van der Waals surface area (Å²) in [6.07, 6.45) is -0.152. The minimum absolute atomic E-state index is 0.0329. The largest absolute Gasteiger partial charge is 0.504 e. The third-order valence-electron chi connectivity index (χ3n) is 8.46. The van der Waals surface area contributed by atoms with Gasteiger partial charge >= 0.3 is 5.97 Å². The average molecular weight is 696 g/mol. The Morgan fingerprint density at radius 2 is 1.36 bits per heavy atom. The molecule has 0 saturated carbocycles. The molecule has 16 heteroatoms. The molecular weight excluding hydrogens is 659 g/mol. The molecule has 4 atom stereocenters. The molecule has 1 fully saturated rings. The summed E-state index contributed by atoms with van der Waals surface area (Å²) >= 11 is 12.0. The monoisotopic (exact) mass is 694 g/mol. The molecule has 0 aromatic heterocycles. The van der Waals surface area contributed by atoms with Crippen LogP contribution in [0.4, 0.5) is 0 Å². The van der Waals surface area contributed by atoms with E-state index in [1.807, 2.05) is 11.8 Å². The normalized spacial score (nSPS) is 19.4. The third kappa shape index (κ3) is 7.20. The maximum absolute atomic E-state index is 12.8. The Balaban J connectivity index is 1.44. The molecule has 47 heavy (non-hydrogen) atoms. The summed E-state index contributed by atoms with van der Waals surface area (Å²) < 4.78 is 0. The number of carboxylic acids is 1. The SMILES string of the molecule is C[C@@H](O)[C@H]1C(=O)N2C(C(=O)O)=C(CN(CCCNC(=O)c3ccc(O)c(O)c3Cl)CCCNC(=O)c3ccc(O)c(O)c3Cl)[C@H](C)[C@H]12. The summed E-state index contributed by atoms with van der Waals surface area (Å²) in [4.78, 5) is 53.6. The summed E-state index contributed by atoms with van der Waals surface area (Å²) in [7, 11) is 0. The molecule has 0 bridgehead atoms. The number of aromatic hydroxyl groups is 4. The third-order valence-corrected chi connectivity index (χ3v) is 9.23. The van der Waals surface area contributed by atoms with Gasteiger partial charge in [-0.15, -0.1) is 0 Å². The Labute approximate surface area is 279 Å². The molecule has 8 N–H and O–H groups in total. The quantitative estimate of drug-likeness (QED) is 0.0814. The molecular formula is C31H36Cl2N4O10. The number of halogens is 2. The average Bonchev–Trinajstić information content (AvgIpc) is 3.25. The van der Waals surface area contributed by atoms with Gasteiger partial charge in [0.1, 0.15) is 5.70 Å². The van der Waals surface area contributed by atoms with Gasteiger partial charge < -0.3 is 46.2 Å². The number of aliphatic carboxylic acids is 1. The molecule has 14 nitrogen and oxygen atoms in total. The van der Waals surface area contributed by atoms with Gasteiger partial charge in [0.2, 0.25) is 5.91 Å². The van der Waals surface area contributed by atoms with Crippen molar-refractivity contribution in [3.05, 3.63) is 56.7 Å². The van der Waals surface area contributed by atoms with E-state index in [9.17, 15) is 49.8 Å². The van der Waals surface area contributed by atoms with E-state index in [0.717, 1.165) is 12.1 Å². The minimum atomic E-state index is -1.26. The van der Waals surface area contributed by atoms with Crippen LogP contribution in [-0.2, 0) is 9.59 Å². The second-order valence-electron chi connectivity index (χ2n) is 11.5. The molecule has 3 amide bonds. The van der Waals surface area contributed by atoms with Crippen molar-refractivity contribution in [2.75, 3.05) is 32.7 Å². The first kappa shape index (κ1) is 35.6. The number of phenolic OH excluding ortho intramolecular Hbond substituents is 4. The molecule has 2 aromatic rings. The van der Waals surface area contributed by atoms with E-state index in [2.05, 4.69) is 10.6 Å². The van der Waals surface area contributed by atoms with Gasteiger partial charge in [-0.25, -0.2) is 4.79 Å². The van der Waals surface area contributed by atoms with Crippen LogP contribution in [-0.4, -0.2) is 109 Å². The number of rotatable bonds is 14. The highest BCUT2D eigenvalue weighted by atomic mass is 35.5. The highest BCUT2D eigenvalue weighted by Gasteiger charge is 2.59. The van der Waals surface area contributed by atoms with Crippen molar-refractivity contribution in [1.29, 1.82) is 0 Å². The smallest absolute Gasteiger partial charge is 0.352 e. The summed E-state index contributed by atoms with van der Waals surface area (Å²) in [6, 6.07) is 4.34. The lowest BCUT2D eigenvalue weighted by atomic mass is 9.77. The first-order chi connectivity index (χ1) is 22.2. The topological polar surface area (TPSA) is 220 Å². The first-order valence-corrected chi connectivity index (χ1v) is 15.6. The zero-order valence-corrected chi connectivity index (χ0v) is 27.0. The highest BCUT2D eigenvalue weighted by Crippen LogP contribution is 2.47. The van der Waals surface area contributed by atoms with Gasteiger partial charge in [-0.05, 0) is 49.6 Å². The second kappa shape index (κ2) is 14.7. The van der Waals surface area contributed by atoms with Crippen molar-refractivity contribution < 1.29 is 49.8 Å². The lowest BCUT2D eigenvalue weighted by Gasteiger charge is -2.46. The van der Waals surface area contributed by atoms with Gasteiger partial charge in [-0.2, -0.15) is 0 Å². The maximum Gasteiger partial charge on any atom is 0.352 e. The standard InChI is InChI=1S/C31H36Cl2N4O10/c1-14-18(25(31(46)47)37-24(14)21(15(2)38)30(37)45)13-36(11-3-9-34-28(43)16-5-7-19(39)26(41)22(16)32)12-4-10-35-29(44)17-6-8-20(40)27(42)23(17)33/h5-8,14-15,21,24,38-42H,3-4,9-13H2,1-2H3,(H,34,43)(H,35,44)(H,46,47)/t14-,15+,21+,24+/m0/s1. The van der Waals surface area contributed by atoms with E-state index in [0.29, 0.717) is 31.5 Å². The number of benzene rings is 2. The molecule has 0 radical (unpaired) electrons. The number of nitrogens with zero attached hydrogens (tertiary/aromatic N) is 2. The summed E-state index contributed by atoms with van der Waals surface area (Å²) in [5.41, 5.74) is 0.341. The number of aliphatic hydroxyl groups excluding tert-OH is 1. The minimum Gasteiger partial charge on any atom is -0.504 e. The van der Waals surface area contributed by atoms with Crippen LogP contribution in [0.1, 0.15) is 47.4 Å². The van der Waals surface area contributed by atoms with Gasteiger partial charge in [0, 0.05) is 38.6 Å². The van der Waals surface area contributed by atoms with Gasteiger partial charge in [-0.3, -0.25) is 19.3 Å². The fourth-order valence-corrected chi connectivity index (χ4v) is 6.51. The number of carboxylic acid groups (broad SMARTS) is 1. The highest BCUT2D eigenvalue weighted by molar-refractivity contribution is 6.36. The van der Waals surface area contributed by atoms with Gasteiger partial charge in [0.25, 0.3) is 11.8 Å². The summed E-state index contributed by atoms with van der Waals surface area (Å²) in [5.74, 6) is -6.09. The molecule has 254 valence electrons. The van der Waals surface area contributed by atoms with Crippen LogP contribution in [0.25, 0.3) is 0 Å². The van der Waals surface area contributed by atoms with Crippen LogP contribution in [0.15, 0.2) is 35.5 Å². The zero-order valence-electron chi connectivity index (χ0n) is 25.5. The van der Waals surface area contributed by atoms with E-state index in [1.54, 1.807) is 0 Å². The van der Waals surface area contributed by atoms with Crippen LogP contribution in [0, 0.1) is 11.8 Å². The number of carbonyl (C=O) groups excluding carboxylic acids is 3. The molecule has 0 unspecified atom stereocenters. The van der Waals surface area contributed by atoms with E-state index >= 15 is 0 Å². The van der Waals surface area contributed by atoms with Crippen molar-refractivity contribution in [1.82, 2.24) is 20.4 Å². The van der Waals surface area contributed by atoms with Gasteiger partial charge in [0.05, 0.1) is 39.2 Å². The molecule has 2 heterocycles. The van der Waals surface area contributed by atoms with Crippen molar-refractivity contribution in [2.24, 2.45) is 11.8 Å². The van der Waals surface area contributed by atoms with Gasteiger partial charge in [-0.1, -0.05) is 30.1 Å². The van der Waals surface area contributed by atoms with Crippen LogP contribution in [0.2, 0.25) is 10.0 Å². The number of fused-ring (bicyclic) bond motifs is 1. The second-order valence-corrected chi connectivity index (χ2v) is 12.3. The van der Waals surface area contributed by atoms with Crippen LogP contribution < -0.4 is 10.6 Å². The maximum atomic E-state index is 12.8. The predicted molar refractivity (Wildman–Crippen MR) is 170 cm³/mol. The first-order valence-electron chi connectivity index (χ1n) is 14.8. The molecule has 2 aliphatic rings. The molecule has 2 aromatic carbocycles. The van der Waals surface area contributed by atoms with Crippen molar-refractivity contribution in [3.63, 3.8) is 0 Å². The van der Waals surface area contributed by atoms with E-state index in [4.69, 9.17) is 23.2 Å². The van der Waals surface area contributed by atoms with Crippen molar-refractivity contribution >= 4 is 46.9 Å². The van der Waals surface area contributed by atoms with E-state index in [1.165, 1.54) is 24.0 Å². The number of β-lactam (4-membered cyclic amide) rings is 1. The number of carbonyl (C=O) groups is 4. The fraction of sp³-hybridized carbons (Fsp3) is 0.419. The number of amides is 3. The summed E-state index contributed by atoms with van der Waals surface area (Å²) in [5, 5.41) is 63.8. The number of hydrogen-bond donors (Lipinski definition) is 8. The number of nitrogens with one attached hydrogen (secondary N) is 2.